The number of hydrogen-bond donors (Lipinski definition) is 0. The predicted octanol–water partition coefficient (Wildman–Crippen LogP) is 2.08. The van der Waals surface area contributed by atoms with E-state index in [0.717, 1.165) is 11.8 Å². The Morgan fingerprint density at radius 3 is 2.82 bits per heavy atom. The number of ether oxygens (including phenoxy) is 1. The number of aldehydes is 1. The molecule has 1 aromatic heterocycles. The van der Waals surface area contributed by atoms with E-state index in [2.05, 4.69) is 10.2 Å². The number of benzene rings is 1. The zero-order valence-corrected chi connectivity index (χ0v) is 9.64. The molecule has 0 aliphatic carbocycles. The lowest BCUT2D eigenvalue weighted by Crippen LogP contribution is -2.00. The molecule has 5 nitrogen and oxygen atoms in total. The molecule has 0 aliphatic rings. The maximum Gasteiger partial charge on any atom is 0.253 e. The molecular formula is C12H12N2O3. The summed E-state index contributed by atoms with van der Waals surface area (Å²) in [6.07, 6.45) is 0.765. The van der Waals surface area contributed by atoms with E-state index < -0.39 is 0 Å². The first kappa shape index (κ1) is 11.3. The molecule has 5 heteroatoms. The van der Waals surface area contributed by atoms with Gasteiger partial charge in [-0.2, -0.15) is 0 Å². The zero-order valence-electron chi connectivity index (χ0n) is 9.64. The Balaban J connectivity index is 2.16. The average molecular weight is 232 g/mol. The molecule has 1 aromatic carbocycles. The molecule has 0 fully saturated rings. The monoisotopic (exact) mass is 232 g/mol. The fourth-order valence-electron chi connectivity index (χ4n) is 1.49. The second kappa shape index (κ2) is 4.78. The smallest absolute Gasteiger partial charge is 0.253 e. The minimum absolute atomic E-state index is 0.159. The molecule has 0 saturated carbocycles. The third-order valence-corrected chi connectivity index (χ3v) is 2.28. The molecule has 0 spiro atoms. The summed E-state index contributed by atoms with van der Waals surface area (Å²) in [6, 6.07) is 5.39. The van der Waals surface area contributed by atoms with Gasteiger partial charge in [-0.1, -0.05) is 12.1 Å². The highest BCUT2D eigenvalue weighted by atomic mass is 16.5. The summed E-state index contributed by atoms with van der Waals surface area (Å²) >= 11 is 0. The van der Waals surface area contributed by atoms with Crippen molar-refractivity contribution in [3.63, 3.8) is 0 Å². The lowest BCUT2D eigenvalue weighted by Gasteiger charge is -2.08. The van der Waals surface area contributed by atoms with Gasteiger partial charge >= 0.3 is 0 Å². The Kier molecular flexibility index (Phi) is 3.18. The number of aromatic nitrogens is 2. The van der Waals surface area contributed by atoms with Gasteiger partial charge in [0.1, 0.15) is 5.75 Å². The second-order valence-corrected chi connectivity index (χ2v) is 3.61. The van der Waals surface area contributed by atoms with Gasteiger partial charge in [-0.25, -0.2) is 0 Å². The van der Waals surface area contributed by atoms with Gasteiger partial charge in [0.2, 0.25) is 5.89 Å². The molecule has 2 aromatic rings. The Morgan fingerprint density at radius 1 is 1.35 bits per heavy atom. The summed E-state index contributed by atoms with van der Waals surface area (Å²) in [4.78, 5) is 10.9. The largest absolute Gasteiger partial charge is 0.483 e. The van der Waals surface area contributed by atoms with Crippen LogP contribution >= 0.6 is 0 Å². The van der Waals surface area contributed by atoms with Crippen LogP contribution < -0.4 is 4.74 Å². The number of carbonyl (C=O) groups is 1. The maximum atomic E-state index is 10.9. The summed E-state index contributed by atoms with van der Waals surface area (Å²) < 4.78 is 10.7. The van der Waals surface area contributed by atoms with Gasteiger partial charge < -0.3 is 9.15 Å². The number of nitrogens with zero attached hydrogens (tertiary/aromatic N) is 2. The van der Waals surface area contributed by atoms with Crippen LogP contribution in [0.3, 0.4) is 0 Å². The predicted molar refractivity (Wildman–Crippen MR) is 59.9 cm³/mol. The summed E-state index contributed by atoms with van der Waals surface area (Å²) in [5.74, 6) is 1.44. The van der Waals surface area contributed by atoms with Crippen molar-refractivity contribution in [3.05, 3.63) is 41.1 Å². The van der Waals surface area contributed by atoms with Crippen LogP contribution in [0.2, 0.25) is 0 Å². The van der Waals surface area contributed by atoms with E-state index in [1.54, 1.807) is 13.0 Å². The van der Waals surface area contributed by atoms with Gasteiger partial charge in [0.05, 0.1) is 5.56 Å². The molecule has 0 radical (unpaired) electrons. The number of carbonyl (C=O) groups excluding carboxylic acids is 1. The quantitative estimate of drug-likeness (QED) is 0.755. The third kappa shape index (κ3) is 2.50. The van der Waals surface area contributed by atoms with Crippen molar-refractivity contribution < 1.29 is 13.9 Å². The molecule has 17 heavy (non-hydrogen) atoms. The highest BCUT2D eigenvalue weighted by molar-refractivity contribution is 5.80. The van der Waals surface area contributed by atoms with Gasteiger partial charge in [-0.3, -0.25) is 4.79 Å². The van der Waals surface area contributed by atoms with Gasteiger partial charge in [0.15, 0.2) is 12.9 Å². The Morgan fingerprint density at radius 2 is 2.18 bits per heavy atom. The van der Waals surface area contributed by atoms with Crippen LogP contribution in [-0.4, -0.2) is 16.5 Å². The first-order valence-corrected chi connectivity index (χ1v) is 5.17. The fraction of sp³-hybridized carbons (Fsp3) is 0.250. The van der Waals surface area contributed by atoms with Crippen LogP contribution in [0.5, 0.6) is 5.75 Å². The lowest BCUT2D eigenvalue weighted by molar-refractivity contribution is 0.111. The van der Waals surface area contributed by atoms with Gasteiger partial charge in [-0.05, 0) is 18.6 Å². The first-order valence-electron chi connectivity index (χ1n) is 5.17. The average Bonchev–Trinajstić information content (AvgIpc) is 2.73. The van der Waals surface area contributed by atoms with E-state index in [4.69, 9.17) is 9.15 Å². The van der Waals surface area contributed by atoms with Crippen LogP contribution in [-0.2, 0) is 6.61 Å². The summed E-state index contributed by atoms with van der Waals surface area (Å²) in [5, 5.41) is 7.51. The number of hydrogen-bond acceptors (Lipinski definition) is 5. The van der Waals surface area contributed by atoms with Crippen molar-refractivity contribution in [3.8, 4) is 5.75 Å². The van der Waals surface area contributed by atoms with E-state index >= 15 is 0 Å². The zero-order chi connectivity index (χ0) is 12.3. The number of rotatable bonds is 4. The SMILES string of the molecule is Cc1nnc(COc2c(C)cccc2C=O)o1. The Bertz CT molecular complexity index is 534. The molecule has 0 aliphatic heterocycles. The normalized spacial score (nSPS) is 10.2. The minimum Gasteiger partial charge on any atom is -0.483 e. The molecule has 0 atom stereocenters. The molecule has 2 rings (SSSR count). The minimum atomic E-state index is 0.159. The van der Waals surface area contributed by atoms with Crippen molar-refractivity contribution >= 4 is 6.29 Å². The number of para-hydroxylation sites is 1. The van der Waals surface area contributed by atoms with Crippen LogP contribution in [0.4, 0.5) is 0 Å². The topological polar surface area (TPSA) is 65.2 Å². The van der Waals surface area contributed by atoms with Crippen LogP contribution in [0.15, 0.2) is 22.6 Å². The maximum absolute atomic E-state index is 10.9. The molecule has 1 heterocycles. The molecule has 0 amide bonds. The highest BCUT2D eigenvalue weighted by Gasteiger charge is 2.08. The van der Waals surface area contributed by atoms with Crippen LogP contribution in [0, 0.1) is 13.8 Å². The van der Waals surface area contributed by atoms with E-state index in [1.807, 2.05) is 19.1 Å². The molecule has 0 saturated heterocycles. The van der Waals surface area contributed by atoms with Crippen molar-refractivity contribution in [2.24, 2.45) is 0 Å². The Labute approximate surface area is 98.4 Å². The van der Waals surface area contributed by atoms with Crippen molar-refractivity contribution in [1.29, 1.82) is 0 Å². The van der Waals surface area contributed by atoms with Gasteiger partial charge in [0, 0.05) is 6.92 Å². The second-order valence-electron chi connectivity index (χ2n) is 3.61. The summed E-state index contributed by atoms with van der Waals surface area (Å²) in [5.41, 5.74) is 1.41. The van der Waals surface area contributed by atoms with Crippen LogP contribution in [0.1, 0.15) is 27.7 Å². The van der Waals surface area contributed by atoms with E-state index in [9.17, 15) is 4.79 Å². The van der Waals surface area contributed by atoms with E-state index in [-0.39, 0.29) is 6.61 Å². The summed E-state index contributed by atoms with van der Waals surface area (Å²) in [6.45, 7) is 3.75. The summed E-state index contributed by atoms with van der Waals surface area (Å²) in [7, 11) is 0. The molecule has 0 N–H and O–H groups in total. The Hall–Kier alpha value is -2.17. The molecule has 0 unspecified atom stereocenters. The lowest BCUT2D eigenvalue weighted by atomic mass is 10.1. The third-order valence-electron chi connectivity index (χ3n) is 2.28. The standard InChI is InChI=1S/C12H12N2O3/c1-8-4-3-5-10(6-15)12(8)16-7-11-14-13-9(2)17-11/h3-6H,7H2,1-2H3. The molecular weight excluding hydrogens is 220 g/mol. The molecule has 88 valence electrons. The van der Waals surface area contributed by atoms with Gasteiger partial charge in [-0.15, -0.1) is 10.2 Å². The molecule has 0 bridgehead atoms. The number of aryl methyl sites for hydroxylation is 2. The van der Waals surface area contributed by atoms with E-state index in [1.165, 1.54) is 0 Å². The van der Waals surface area contributed by atoms with Crippen molar-refractivity contribution in [2.45, 2.75) is 20.5 Å². The van der Waals surface area contributed by atoms with Gasteiger partial charge in [0.25, 0.3) is 5.89 Å². The van der Waals surface area contributed by atoms with Crippen LogP contribution in [0.25, 0.3) is 0 Å². The van der Waals surface area contributed by atoms with E-state index in [0.29, 0.717) is 23.1 Å². The van der Waals surface area contributed by atoms with Crippen molar-refractivity contribution in [1.82, 2.24) is 10.2 Å². The van der Waals surface area contributed by atoms with Crippen molar-refractivity contribution in [2.75, 3.05) is 0 Å². The first-order chi connectivity index (χ1) is 8.20. The fourth-order valence-corrected chi connectivity index (χ4v) is 1.49. The highest BCUT2D eigenvalue weighted by Crippen LogP contribution is 2.22.